The first kappa shape index (κ1) is 12.5. The first-order valence-electron chi connectivity index (χ1n) is 5.55. The summed E-state index contributed by atoms with van der Waals surface area (Å²) in [4.78, 5) is 13.1. The number of hydrogen-bond donors (Lipinski definition) is 2. The van der Waals surface area contributed by atoms with Crippen molar-refractivity contribution in [3.63, 3.8) is 0 Å². The van der Waals surface area contributed by atoms with Crippen molar-refractivity contribution in [2.24, 2.45) is 0 Å². The first-order chi connectivity index (χ1) is 8.65. The van der Waals surface area contributed by atoms with Gasteiger partial charge in [0.1, 0.15) is 0 Å². The summed E-state index contributed by atoms with van der Waals surface area (Å²) in [7, 11) is 0. The van der Waals surface area contributed by atoms with Gasteiger partial charge < -0.3 is 11.1 Å². The molecule has 0 saturated carbocycles. The van der Waals surface area contributed by atoms with Gasteiger partial charge in [-0.3, -0.25) is 4.79 Å². The number of carbonyl (C=O) groups is 1. The van der Waals surface area contributed by atoms with Gasteiger partial charge in [0, 0.05) is 28.1 Å². The molecule has 2 aromatic rings. The Morgan fingerprint density at radius 1 is 1.17 bits per heavy atom. The van der Waals surface area contributed by atoms with Gasteiger partial charge in [-0.15, -0.1) is 0 Å². The molecular weight excluding hydrogens is 244 g/mol. The Morgan fingerprint density at radius 2 is 1.89 bits per heavy atom. The van der Waals surface area contributed by atoms with Crippen LogP contribution >= 0.6 is 11.8 Å². The molecule has 0 aromatic heterocycles. The molecule has 2 rings (SSSR count). The lowest BCUT2D eigenvalue weighted by Crippen LogP contribution is -2.06. The van der Waals surface area contributed by atoms with Gasteiger partial charge in [-0.1, -0.05) is 30.0 Å². The molecule has 0 bridgehead atoms. The Kier molecular flexibility index (Phi) is 3.89. The molecule has 4 heteroatoms. The standard InChI is InChI=1S/C14H14N2OS/c1-10(17)16-11-7-8-14(13(15)9-11)18-12-5-3-2-4-6-12/h2-9H,15H2,1H3,(H,16,17). The van der Waals surface area contributed by atoms with E-state index in [1.807, 2.05) is 42.5 Å². The third kappa shape index (κ3) is 3.28. The van der Waals surface area contributed by atoms with Gasteiger partial charge in [0.05, 0.1) is 0 Å². The molecule has 0 spiro atoms. The maximum Gasteiger partial charge on any atom is 0.221 e. The molecule has 2 aromatic carbocycles. The highest BCUT2D eigenvalue weighted by Crippen LogP contribution is 2.33. The van der Waals surface area contributed by atoms with Crippen LogP contribution in [0.15, 0.2) is 58.3 Å². The minimum Gasteiger partial charge on any atom is -0.398 e. The fraction of sp³-hybridized carbons (Fsp3) is 0.0714. The van der Waals surface area contributed by atoms with Crippen molar-refractivity contribution in [3.8, 4) is 0 Å². The molecule has 92 valence electrons. The smallest absolute Gasteiger partial charge is 0.221 e. The number of nitrogens with one attached hydrogen (secondary N) is 1. The highest BCUT2D eigenvalue weighted by Gasteiger charge is 2.03. The second kappa shape index (κ2) is 5.60. The molecule has 3 N–H and O–H groups in total. The SMILES string of the molecule is CC(=O)Nc1ccc(Sc2ccccc2)c(N)c1. The van der Waals surface area contributed by atoms with Crippen LogP contribution in [0.2, 0.25) is 0 Å². The summed E-state index contributed by atoms with van der Waals surface area (Å²) in [6.45, 7) is 1.48. The summed E-state index contributed by atoms with van der Waals surface area (Å²) in [6.07, 6.45) is 0. The normalized spacial score (nSPS) is 10.1. The van der Waals surface area contributed by atoms with Gasteiger partial charge in [-0.05, 0) is 30.3 Å². The fourth-order valence-electron chi connectivity index (χ4n) is 1.54. The molecule has 0 atom stereocenters. The van der Waals surface area contributed by atoms with Crippen LogP contribution in [0.3, 0.4) is 0 Å². The zero-order chi connectivity index (χ0) is 13.0. The van der Waals surface area contributed by atoms with Crippen LogP contribution < -0.4 is 11.1 Å². The van der Waals surface area contributed by atoms with Gasteiger partial charge >= 0.3 is 0 Å². The van der Waals surface area contributed by atoms with E-state index in [9.17, 15) is 4.79 Å². The van der Waals surface area contributed by atoms with E-state index in [0.717, 1.165) is 15.5 Å². The summed E-state index contributed by atoms with van der Waals surface area (Å²) in [6, 6.07) is 15.6. The molecule has 0 unspecified atom stereocenters. The maximum atomic E-state index is 10.9. The second-order valence-corrected chi connectivity index (χ2v) is 4.96. The second-order valence-electron chi connectivity index (χ2n) is 3.85. The minimum atomic E-state index is -0.0992. The number of nitrogen functional groups attached to an aromatic ring is 1. The van der Waals surface area contributed by atoms with E-state index in [0.29, 0.717) is 5.69 Å². The van der Waals surface area contributed by atoms with Crippen molar-refractivity contribution in [2.75, 3.05) is 11.1 Å². The molecule has 0 heterocycles. The van der Waals surface area contributed by atoms with Gasteiger partial charge in [0.15, 0.2) is 0 Å². The Balaban J connectivity index is 2.17. The quantitative estimate of drug-likeness (QED) is 0.830. The molecular formula is C14H14N2OS. The third-order valence-corrected chi connectivity index (χ3v) is 3.40. The van der Waals surface area contributed by atoms with E-state index in [-0.39, 0.29) is 5.91 Å². The molecule has 0 aliphatic heterocycles. The first-order valence-corrected chi connectivity index (χ1v) is 6.37. The molecule has 0 saturated heterocycles. The van der Waals surface area contributed by atoms with E-state index in [4.69, 9.17) is 5.73 Å². The molecule has 18 heavy (non-hydrogen) atoms. The monoisotopic (exact) mass is 258 g/mol. The summed E-state index contributed by atoms with van der Waals surface area (Å²) in [5, 5.41) is 2.71. The van der Waals surface area contributed by atoms with Crippen molar-refractivity contribution in [1.29, 1.82) is 0 Å². The highest BCUT2D eigenvalue weighted by atomic mass is 32.2. The van der Waals surface area contributed by atoms with E-state index in [1.165, 1.54) is 6.92 Å². The number of carbonyl (C=O) groups excluding carboxylic acids is 1. The van der Waals surface area contributed by atoms with Crippen molar-refractivity contribution in [3.05, 3.63) is 48.5 Å². The number of amides is 1. The Hall–Kier alpha value is -1.94. The van der Waals surface area contributed by atoms with Crippen LogP contribution in [0.1, 0.15) is 6.92 Å². The van der Waals surface area contributed by atoms with Crippen LogP contribution in [-0.4, -0.2) is 5.91 Å². The van der Waals surface area contributed by atoms with Crippen molar-refractivity contribution >= 4 is 29.0 Å². The van der Waals surface area contributed by atoms with E-state index in [1.54, 1.807) is 17.8 Å². The average Bonchev–Trinajstić information content (AvgIpc) is 2.33. The fourth-order valence-corrected chi connectivity index (χ4v) is 2.40. The van der Waals surface area contributed by atoms with Crippen LogP contribution in [0.4, 0.5) is 11.4 Å². The number of hydrogen-bond acceptors (Lipinski definition) is 3. The summed E-state index contributed by atoms with van der Waals surface area (Å²) in [5.41, 5.74) is 7.35. The predicted octanol–water partition coefficient (Wildman–Crippen LogP) is 3.38. The number of anilines is 2. The Morgan fingerprint density at radius 3 is 2.50 bits per heavy atom. The summed E-state index contributed by atoms with van der Waals surface area (Å²) in [5.74, 6) is -0.0992. The molecule has 3 nitrogen and oxygen atoms in total. The number of rotatable bonds is 3. The van der Waals surface area contributed by atoms with Crippen molar-refractivity contribution < 1.29 is 4.79 Å². The summed E-state index contributed by atoms with van der Waals surface area (Å²) >= 11 is 1.60. The van der Waals surface area contributed by atoms with Crippen LogP contribution in [-0.2, 0) is 4.79 Å². The number of nitrogens with two attached hydrogens (primary N) is 1. The molecule has 0 fully saturated rings. The lowest BCUT2D eigenvalue weighted by molar-refractivity contribution is -0.114. The maximum absolute atomic E-state index is 10.9. The van der Waals surface area contributed by atoms with Crippen molar-refractivity contribution in [2.45, 2.75) is 16.7 Å². The minimum absolute atomic E-state index is 0.0992. The Bertz CT molecular complexity index is 555. The van der Waals surface area contributed by atoms with Crippen LogP contribution in [0.25, 0.3) is 0 Å². The van der Waals surface area contributed by atoms with Gasteiger partial charge in [0.2, 0.25) is 5.91 Å². The zero-order valence-corrected chi connectivity index (χ0v) is 10.8. The topological polar surface area (TPSA) is 55.1 Å². The zero-order valence-electron chi connectivity index (χ0n) is 10.0. The van der Waals surface area contributed by atoms with E-state index < -0.39 is 0 Å². The van der Waals surface area contributed by atoms with Gasteiger partial charge in [-0.25, -0.2) is 0 Å². The third-order valence-electron chi connectivity index (χ3n) is 2.30. The van der Waals surface area contributed by atoms with Crippen LogP contribution in [0.5, 0.6) is 0 Å². The van der Waals surface area contributed by atoms with Gasteiger partial charge in [-0.2, -0.15) is 0 Å². The molecule has 0 aliphatic rings. The largest absolute Gasteiger partial charge is 0.398 e. The molecule has 1 amide bonds. The highest BCUT2D eigenvalue weighted by molar-refractivity contribution is 7.99. The average molecular weight is 258 g/mol. The van der Waals surface area contributed by atoms with E-state index in [2.05, 4.69) is 5.32 Å². The van der Waals surface area contributed by atoms with E-state index >= 15 is 0 Å². The lowest BCUT2D eigenvalue weighted by atomic mass is 10.3. The van der Waals surface area contributed by atoms with Crippen LogP contribution in [0, 0.1) is 0 Å². The molecule has 0 aliphatic carbocycles. The van der Waals surface area contributed by atoms with Crippen molar-refractivity contribution in [1.82, 2.24) is 0 Å². The lowest BCUT2D eigenvalue weighted by Gasteiger charge is -2.08. The summed E-state index contributed by atoms with van der Waals surface area (Å²) < 4.78 is 0. The number of benzene rings is 2. The Labute approximate surface area is 110 Å². The predicted molar refractivity (Wildman–Crippen MR) is 75.7 cm³/mol. The van der Waals surface area contributed by atoms with Gasteiger partial charge in [0.25, 0.3) is 0 Å². The molecule has 0 radical (unpaired) electrons.